The van der Waals surface area contributed by atoms with Gasteiger partial charge in [-0.05, 0) is 12.1 Å². The average Bonchev–Trinajstić information content (AvgIpc) is 2.84. The fourth-order valence-electron chi connectivity index (χ4n) is 0.992. The minimum Gasteiger partial charge on any atom is -0.389 e. The second-order valence-corrected chi connectivity index (χ2v) is 7.09. The van der Waals surface area contributed by atoms with E-state index in [1.54, 1.807) is 6.07 Å². The van der Waals surface area contributed by atoms with Crippen molar-refractivity contribution in [2.45, 2.75) is 4.21 Å². The SMILES string of the molecule is NC(=S)c1ccc(S(=O)(=O)Nc2cnns2)s1. The summed E-state index contributed by atoms with van der Waals surface area (Å²) >= 11 is 6.75. The van der Waals surface area contributed by atoms with Crippen molar-refractivity contribution in [3.8, 4) is 0 Å². The number of sulfonamides is 1. The van der Waals surface area contributed by atoms with Crippen molar-refractivity contribution in [1.29, 1.82) is 0 Å². The second-order valence-electron chi connectivity index (χ2n) is 2.87. The van der Waals surface area contributed by atoms with Gasteiger partial charge in [0.25, 0.3) is 10.0 Å². The fourth-order valence-corrected chi connectivity index (χ4v) is 4.03. The van der Waals surface area contributed by atoms with Gasteiger partial charge in [-0.1, -0.05) is 16.7 Å². The number of rotatable bonds is 4. The highest BCUT2D eigenvalue weighted by molar-refractivity contribution is 7.95. The van der Waals surface area contributed by atoms with Crippen LogP contribution in [0, 0.1) is 0 Å². The molecular formula is C7H6N4O2S4. The van der Waals surface area contributed by atoms with E-state index in [4.69, 9.17) is 18.0 Å². The zero-order chi connectivity index (χ0) is 12.5. The Morgan fingerprint density at radius 2 is 2.24 bits per heavy atom. The van der Waals surface area contributed by atoms with E-state index in [0.717, 1.165) is 22.9 Å². The minimum atomic E-state index is -3.61. The van der Waals surface area contributed by atoms with Gasteiger partial charge in [0.15, 0.2) is 0 Å². The van der Waals surface area contributed by atoms with E-state index in [0.29, 0.717) is 9.88 Å². The van der Waals surface area contributed by atoms with Crippen molar-refractivity contribution >= 4 is 55.1 Å². The standard InChI is InChI=1S/C7H6N4O2S4/c8-7(14)4-1-2-6(15-4)17(12,13)10-5-3-9-11-16-5/h1-3,10H,(H2,8,14). The number of nitrogens with zero attached hydrogens (tertiary/aromatic N) is 2. The lowest BCUT2D eigenvalue weighted by Crippen LogP contribution is -2.10. The quantitative estimate of drug-likeness (QED) is 0.819. The third-order valence-corrected chi connectivity index (χ3v) is 5.72. The maximum atomic E-state index is 11.9. The number of anilines is 1. The summed E-state index contributed by atoms with van der Waals surface area (Å²) in [5.41, 5.74) is 5.42. The van der Waals surface area contributed by atoms with Gasteiger partial charge in [-0.15, -0.1) is 16.4 Å². The summed E-state index contributed by atoms with van der Waals surface area (Å²) in [6, 6.07) is 3.03. The molecule has 90 valence electrons. The van der Waals surface area contributed by atoms with Crippen LogP contribution < -0.4 is 10.5 Å². The van der Waals surface area contributed by atoms with E-state index in [-0.39, 0.29) is 9.20 Å². The lowest BCUT2D eigenvalue weighted by molar-refractivity contribution is 0.603. The summed E-state index contributed by atoms with van der Waals surface area (Å²) in [4.78, 5) is 0.735. The van der Waals surface area contributed by atoms with Gasteiger partial charge < -0.3 is 5.73 Å². The topological polar surface area (TPSA) is 98.0 Å². The van der Waals surface area contributed by atoms with Crippen LogP contribution in [-0.2, 0) is 10.0 Å². The van der Waals surface area contributed by atoms with Crippen LogP contribution in [0.4, 0.5) is 5.00 Å². The molecule has 0 unspecified atom stereocenters. The van der Waals surface area contributed by atoms with Gasteiger partial charge in [-0.2, -0.15) is 0 Å². The molecule has 0 saturated heterocycles. The molecule has 0 aliphatic carbocycles. The summed E-state index contributed by atoms with van der Waals surface area (Å²) in [6.07, 6.45) is 1.34. The maximum absolute atomic E-state index is 11.9. The third-order valence-electron chi connectivity index (χ3n) is 1.69. The molecule has 6 nitrogen and oxygen atoms in total. The highest BCUT2D eigenvalue weighted by atomic mass is 32.2. The lowest BCUT2D eigenvalue weighted by Gasteiger charge is -2.01. The molecule has 2 aromatic rings. The zero-order valence-corrected chi connectivity index (χ0v) is 11.4. The molecule has 0 bridgehead atoms. The monoisotopic (exact) mass is 306 g/mol. The Hall–Kier alpha value is -1.10. The Morgan fingerprint density at radius 3 is 2.76 bits per heavy atom. The summed E-state index contributed by atoms with van der Waals surface area (Å²) in [5.74, 6) is 0. The van der Waals surface area contributed by atoms with E-state index < -0.39 is 10.0 Å². The minimum absolute atomic E-state index is 0.147. The Balaban J connectivity index is 2.28. The second kappa shape index (κ2) is 4.64. The third kappa shape index (κ3) is 2.77. The van der Waals surface area contributed by atoms with E-state index in [1.165, 1.54) is 12.3 Å². The van der Waals surface area contributed by atoms with Crippen molar-refractivity contribution in [1.82, 2.24) is 9.59 Å². The van der Waals surface area contributed by atoms with Crippen LogP contribution in [-0.4, -0.2) is 23.0 Å². The van der Waals surface area contributed by atoms with Gasteiger partial charge in [0.1, 0.15) is 14.2 Å². The van der Waals surface area contributed by atoms with Crippen LogP contribution in [0.15, 0.2) is 22.5 Å². The lowest BCUT2D eigenvalue weighted by atomic mass is 10.5. The molecule has 0 aromatic carbocycles. The highest BCUT2D eigenvalue weighted by Gasteiger charge is 2.18. The van der Waals surface area contributed by atoms with Gasteiger partial charge in [-0.3, -0.25) is 4.72 Å². The molecule has 0 spiro atoms. The van der Waals surface area contributed by atoms with E-state index in [1.807, 2.05) is 0 Å². The van der Waals surface area contributed by atoms with Gasteiger partial charge in [-0.25, -0.2) is 8.42 Å². The number of aromatic nitrogens is 2. The van der Waals surface area contributed by atoms with Crippen LogP contribution in [0.2, 0.25) is 0 Å². The number of nitrogens with one attached hydrogen (secondary N) is 1. The molecule has 0 fully saturated rings. The molecule has 0 aliphatic heterocycles. The number of thiophene rings is 1. The molecular weight excluding hydrogens is 300 g/mol. The smallest absolute Gasteiger partial charge is 0.272 e. The molecule has 2 rings (SSSR count). The molecule has 2 heterocycles. The Labute approximate surface area is 111 Å². The summed E-state index contributed by atoms with van der Waals surface area (Å²) in [7, 11) is -3.61. The van der Waals surface area contributed by atoms with E-state index in [2.05, 4.69) is 14.3 Å². The predicted molar refractivity (Wildman–Crippen MR) is 70.9 cm³/mol. The van der Waals surface area contributed by atoms with Crippen molar-refractivity contribution in [3.05, 3.63) is 23.2 Å². The van der Waals surface area contributed by atoms with Crippen molar-refractivity contribution in [2.75, 3.05) is 4.72 Å². The van der Waals surface area contributed by atoms with E-state index >= 15 is 0 Å². The summed E-state index contributed by atoms with van der Waals surface area (Å²) < 4.78 is 29.9. The first-order valence-electron chi connectivity index (χ1n) is 4.19. The molecule has 0 aliphatic rings. The van der Waals surface area contributed by atoms with Crippen LogP contribution in [0.5, 0.6) is 0 Å². The van der Waals surface area contributed by atoms with Crippen LogP contribution in [0.25, 0.3) is 0 Å². The first-order valence-corrected chi connectivity index (χ1v) is 7.67. The number of hydrogen-bond acceptors (Lipinski definition) is 7. The number of hydrogen-bond donors (Lipinski definition) is 2. The molecule has 17 heavy (non-hydrogen) atoms. The molecule has 2 aromatic heterocycles. The number of nitrogens with two attached hydrogens (primary N) is 1. The fraction of sp³-hybridized carbons (Fsp3) is 0. The van der Waals surface area contributed by atoms with Crippen molar-refractivity contribution < 1.29 is 8.42 Å². The van der Waals surface area contributed by atoms with Crippen molar-refractivity contribution in [3.63, 3.8) is 0 Å². The predicted octanol–water partition coefficient (Wildman–Crippen LogP) is 1.03. The Kier molecular flexibility index (Phi) is 3.38. The molecule has 3 N–H and O–H groups in total. The van der Waals surface area contributed by atoms with Crippen LogP contribution in [0.3, 0.4) is 0 Å². The molecule has 0 atom stereocenters. The molecule has 0 saturated carbocycles. The maximum Gasteiger partial charge on any atom is 0.272 e. The highest BCUT2D eigenvalue weighted by Crippen LogP contribution is 2.24. The van der Waals surface area contributed by atoms with Crippen molar-refractivity contribution in [2.24, 2.45) is 5.73 Å². The van der Waals surface area contributed by atoms with Gasteiger partial charge in [0, 0.05) is 11.5 Å². The Bertz CT molecular complexity index is 631. The largest absolute Gasteiger partial charge is 0.389 e. The molecule has 0 amide bonds. The molecule has 10 heteroatoms. The first-order chi connectivity index (χ1) is 7.99. The van der Waals surface area contributed by atoms with Crippen LogP contribution >= 0.6 is 35.1 Å². The van der Waals surface area contributed by atoms with Gasteiger partial charge in [0.05, 0.1) is 11.1 Å². The Morgan fingerprint density at radius 1 is 1.47 bits per heavy atom. The molecule has 0 radical (unpaired) electrons. The average molecular weight is 306 g/mol. The van der Waals surface area contributed by atoms with Crippen LogP contribution in [0.1, 0.15) is 4.88 Å². The number of thiocarbonyl (C=S) groups is 1. The first kappa shape index (κ1) is 12.4. The van der Waals surface area contributed by atoms with E-state index in [9.17, 15) is 8.42 Å². The normalized spacial score (nSPS) is 11.3. The van der Waals surface area contributed by atoms with Gasteiger partial charge >= 0.3 is 0 Å². The summed E-state index contributed by atoms with van der Waals surface area (Å²) in [5, 5.41) is 3.89. The summed E-state index contributed by atoms with van der Waals surface area (Å²) in [6.45, 7) is 0. The zero-order valence-electron chi connectivity index (χ0n) is 8.15. The van der Waals surface area contributed by atoms with Gasteiger partial charge in [0.2, 0.25) is 0 Å².